The molecule has 0 saturated heterocycles. The van der Waals surface area contributed by atoms with Crippen LogP contribution >= 0.6 is 15.6 Å². The van der Waals surface area contributed by atoms with E-state index in [4.69, 9.17) is 33.8 Å². The lowest BCUT2D eigenvalue weighted by molar-refractivity contribution is -0.708. The van der Waals surface area contributed by atoms with Crippen LogP contribution in [0.3, 0.4) is 0 Å². The molecule has 3 aromatic rings. The molecule has 0 spiro atoms. The van der Waals surface area contributed by atoms with Gasteiger partial charge in [0.15, 0.2) is 12.2 Å². The predicted molar refractivity (Wildman–Crippen MR) is 179 cm³/mol. The number of quaternary nitrogens is 1. The van der Waals surface area contributed by atoms with Gasteiger partial charge in [-0.05, 0) is 65.9 Å². The fraction of sp³-hybridized carbons (Fsp3) is 0.424. The summed E-state index contributed by atoms with van der Waals surface area (Å²) in [5, 5.41) is 1.08. The fourth-order valence-corrected chi connectivity index (χ4v) is 6.12. The van der Waals surface area contributed by atoms with Crippen molar-refractivity contribution in [2.24, 2.45) is 0 Å². The number of phosphoric acid groups is 2. The molecule has 3 rings (SSSR count). The van der Waals surface area contributed by atoms with Crippen LogP contribution in [0.5, 0.6) is 5.75 Å². The number of ether oxygens (including phenoxy) is 3. The normalized spacial score (nSPS) is 13.9. The molecular formula is C33H36ClF10NO12P2. The number of rotatable bonds is 16. The lowest BCUT2D eigenvalue weighted by Gasteiger charge is -2.26. The minimum atomic E-state index is -5.41. The molecule has 0 bridgehead atoms. The van der Waals surface area contributed by atoms with Crippen LogP contribution in [0.25, 0.3) is 11.1 Å². The lowest BCUT2D eigenvalue weighted by atomic mass is 9.92. The molecule has 0 radical (unpaired) electrons. The third-order valence-corrected chi connectivity index (χ3v) is 9.10. The Balaban J connectivity index is 0.0000120. The summed E-state index contributed by atoms with van der Waals surface area (Å²) in [5.74, 6) is -1.23. The van der Waals surface area contributed by atoms with Crippen molar-refractivity contribution < 1.29 is 118 Å². The summed E-state index contributed by atoms with van der Waals surface area (Å²) in [5.41, 5.74) is -5.73. The smallest absolute Gasteiger partial charge is 0.509 e. The molecule has 0 amide bonds. The number of alkyl halides is 9. The molecule has 13 nitrogen and oxygen atoms in total. The van der Waals surface area contributed by atoms with E-state index in [1.807, 2.05) is 0 Å². The number of carbonyl (C=O) groups is 1. The first kappa shape index (κ1) is 51.6. The third kappa shape index (κ3) is 15.5. The van der Waals surface area contributed by atoms with Gasteiger partial charge in [-0.25, -0.2) is 18.3 Å². The Hall–Kier alpha value is -3.50. The Morgan fingerprint density at radius 1 is 0.729 bits per heavy atom. The first-order valence-electron chi connectivity index (χ1n) is 16.4. The number of methoxy groups -OCH3 is 1. The van der Waals surface area contributed by atoms with Crippen LogP contribution in [-0.4, -0.2) is 58.2 Å². The standard InChI is InChI=1S/C33H35F10NO12P2.ClH/c1-16(2)25-11-26(28(52-4)12-27(25)34)24-6-5-20(31(35,36)37)9-19(24)13-44-17(3)29(18-7-21(32(38,39)40)10-22(8-18)33(41,42)43)56-30(45)55-23(14-53-57(46,47)48)15-54-58(49,50)51;/h5-12,16-17,23,29,44H,13-15H2,1-4H3,(H2,46,47,48)(H2,49,50,51);1H/t17-,29?;/m0./s1. The van der Waals surface area contributed by atoms with Crippen molar-refractivity contribution in [3.63, 3.8) is 0 Å². The van der Waals surface area contributed by atoms with E-state index < -0.39 is 112 Å². The summed E-state index contributed by atoms with van der Waals surface area (Å²) in [6, 6.07) is 3.42. The maximum absolute atomic E-state index is 14.9. The Labute approximate surface area is 334 Å². The van der Waals surface area contributed by atoms with Gasteiger partial charge in [0.05, 0.1) is 37.0 Å². The monoisotopic (exact) mass is 925 g/mol. The molecule has 26 heteroatoms. The molecular weight excluding hydrogens is 890 g/mol. The fourth-order valence-electron chi connectivity index (χ4n) is 5.40. The second-order valence-electron chi connectivity index (χ2n) is 12.8. The van der Waals surface area contributed by atoms with Crippen molar-refractivity contribution in [1.82, 2.24) is 0 Å². The van der Waals surface area contributed by atoms with Crippen molar-refractivity contribution in [3.05, 3.63) is 87.7 Å². The average molecular weight is 926 g/mol. The molecule has 3 aromatic carbocycles. The summed E-state index contributed by atoms with van der Waals surface area (Å²) in [7, 11) is -9.54. The zero-order valence-electron chi connectivity index (χ0n) is 30.7. The number of hydrogen-bond acceptors (Lipinski definition) is 8. The van der Waals surface area contributed by atoms with E-state index in [1.54, 1.807) is 13.8 Å². The van der Waals surface area contributed by atoms with Crippen LogP contribution in [0.15, 0.2) is 48.5 Å². The second-order valence-corrected chi connectivity index (χ2v) is 15.3. The highest BCUT2D eigenvalue weighted by atomic mass is 35.5. The quantitative estimate of drug-likeness (QED) is 0.0762. The summed E-state index contributed by atoms with van der Waals surface area (Å²) in [4.78, 5) is 49.1. The van der Waals surface area contributed by atoms with Crippen LogP contribution in [0.4, 0.5) is 48.7 Å². The van der Waals surface area contributed by atoms with Gasteiger partial charge in [-0.15, -0.1) is 0 Å². The minimum absolute atomic E-state index is 0. The van der Waals surface area contributed by atoms with Gasteiger partial charge in [0.1, 0.15) is 24.2 Å². The first-order chi connectivity index (χ1) is 26.4. The number of hydrogen-bond donors (Lipinski definition) is 5. The van der Waals surface area contributed by atoms with Crippen LogP contribution < -0.4 is 22.5 Å². The van der Waals surface area contributed by atoms with E-state index >= 15 is 0 Å². The molecule has 0 aliphatic carbocycles. The molecule has 0 heterocycles. The van der Waals surface area contributed by atoms with E-state index in [2.05, 4.69) is 9.05 Å². The Kier molecular flexibility index (Phi) is 17.4. The number of halogens is 11. The summed E-state index contributed by atoms with van der Waals surface area (Å²) >= 11 is 0. The SMILES string of the molecule is COc1cc(F)c(C(C)C)cc1-c1ccc(C(F)(F)F)cc1C[NH2+][C@@H](C)C(OC(=O)OC(COP(=O)(O)O)COP(=O)(O)O)c1cc(C(F)(F)F)cc(C(F)(F)F)c1.[Cl-]. The van der Waals surface area contributed by atoms with Crippen LogP contribution in [0.2, 0.25) is 0 Å². The van der Waals surface area contributed by atoms with Crippen molar-refractivity contribution in [1.29, 1.82) is 0 Å². The summed E-state index contributed by atoms with van der Waals surface area (Å²) in [6.07, 6.45) is -22.1. The molecule has 6 N–H and O–H groups in total. The molecule has 0 saturated carbocycles. The van der Waals surface area contributed by atoms with Crippen LogP contribution in [-0.2, 0) is 52.7 Å². The Morgan fingerprint density at radius 3 is 1.68 bits per heavy atom. The molecule has 0 fully saturated rings. The predicted octanol–water partition coefficient (Wildman–Crippen LogP) is 4.62. The highest BCUT2D eigenvalue weighted by Gasteiger charge is 2.40. The average Bonchev–Trinajstić information content (AvgIpc) is 3.08. The second kappa shape index (κ2) is 19.9. The van der Waals surface area contributed by atoms with Gasteiger partial charge in [-0.3, -0.25) is 9.05 Å². The number of benzene rings is 3. The molecule has 2 atom stereocenters. The number of carbonyl (C=O) groups excluding carboxylic acids is 1. The van der Waals surface area contributed by atoms with Gasteiger partial charge in [0.25, 0.3) is 0 Å². The zero-order chi connectivity index (χ0) is 44.2. The molecule has 332 valence electrons. The Bertz CT molecular complexity index is 1970. The lowest BCUT2D eigenvalue weighted by Crippen LogP contribution is -3.00. The maximum atomic E-state index is 14.9. The third-order valence-electron chi connectivity index (χ3n) is 8.13. The van der Waals surface area contributed by atoms with Crippen molar-refractivity contribution in [3.8, 4) is 16.9 Å². The zero-order valence-corrected chi connectivity index (χ0v) is 33.3. The van der Waals surface area contributed by atoms with Crippen LogP contribution in [0, 0.1) is 5.82 Å². The highest BCUT2D eigenvalue weighted by Crippen LogP contribution is 2.42. The van der Waals surface area contributed by atoms with E-state index in [1.165, 1.54) is 6.07 Å². The van der Waals surface area contributed by atoms with Gasteiger partial charge >= 0.3 is 40.3 Å². The van der Waals surface area contributed by atoms with Gasteiger partial charge in [-0.1, -0.05) is 19.9 Å². The number of phosphoric ester groups is 2. The van der Waals surface area contributed by atoms with Crippen molar-refractivity contribution in [2.45, 2.75) is 70.0 Å². The van der Waals surface area contributed by atoms with Gasteiger partial charge in [-0.2, -0.15) is 39.5 Å². The van der Waals surface area contributed by atoms with Crippen LogP contribution in [0.1, 0.15) is 66.2 Å². The maximum Gasteiger partial charge on any atom is 0.509 e. The van der Waals surface area contributed by atoms with Gasteiger partial charge in [0.2, 0.25) is 0 Å². The highest BCUT2D eigenvalue weighted by molar-refractivity contribution is 7.46. The summed E-state index contributed by atoms with van der Waals surface area (Å²) < 4.78 is 186. The van der Waals surface area contributed by atoms with E-state index in [-0.39, 0.29) is 58.6 Å². The topological polar surface area (TPSA) is 195 Å². The number of nitrogens with two attached hydrogens (primary N) is 1. The first-order valence-corrected chi connectivity index (χ1v) is 19.4. The molecule has 59 heavy (non-hydrogen) atoms. The molecule has 0 aliphatic heterocycles. The van der Waals surface area contributed by atoms with E-state index in [0.29, 0.717) is 12.1 Å². The molecule has 0 aliphatic rings. The Morgan fingerprint density at radius 2 is 1.24 bits per heavy atom. The minimum Gasteiger partial charge on any atom is -1.00 e. The molecule has 1 unspecified atom stereocenters. The largest absolute Gasteiger partial charge is 1.00 e. The van der Waals surface area contributed by atoms with E-state index in [9.17, 15) is 57.8 Å². The van der Waals surface area contributed by atoms with Crippen molar-refractivity contribution >= 4 is 21.8 Å². The van der Waals surface area contributed by atoms with Gasteiger partial charge in [0, 0.05) is 17.2 Å². The van der Waals surface area contributed by atoms with Crippen molar-refractivity contribution in [2.75, 3.05) is 20.3 Å². The molecule has 0 aromatic heterocycles. The summed E-state index contributed by atoms with van der Waals surface area (Å²) in [6.45, 7) is 1.14. The van der Waals surface area contributed by atoms with E-state index in [0.717, 1.165) is 31.5 Å². The van der Waals surface area contributed by atoms with Gasteiger partial charge < -0.3 is 51.5 Å².